The van der Waals surface area contributed by atoms with Gasteiger partial charge in [0.2, 0.25) is 5.91 Å². The summed E-state index contributed by atoms with van der Waals surface area (Å²) in [5.74, 6) is -0.526. The molecule has 6 nitrogen and oxygen atoms in total. The average Bonchev–Trinajstić information content (AvgIpc) is 3.28. The first-order valence-electron chi connectivity index (χ1n) is 27.1. The van der Waals surface area contributed by atoms with Crippen LogP contribution in [0.4, 0.5) is 0 Å². The fourth-order valence-electron chi connectivity index (χ4n) is 8.03. The molecule has 6 heteroatoms. The second-order valence-electron chi connectivity index (χ2n) is 18.4. The molecule has 1 amide bonds. The maximum atomic E-state index is 13.2. The van der Waals surface area contributed by atoms with Gasteiger partial charge in [-0.3, -0.25) is 9.59 Å². The Morgan fingerprint density at radius 2 is 0.841 bits per heavy atom. The number of allylic oxidation sites excluding steroid dienone is 10. The molecule has 0 fully saturated rings. The zero-order valence-corrected chi connectivity index (χ0v) is 41.7. The molecule has 0 aromatic rings. The van der Waals surface area contributed by atoms with Gasteiger partial charge in [-0.2, -0.15) is 0 Å². The number of aliphatic hydroxyl groups excluding tert-OH is 2. The van der Waals surface area contributed by atoms with Gasteiger partial charge in [0.05, 0.1) is 25.2 Å². The standard InChI is InChI=1S/C57H103NO5/c1-4-7-10-13-16-19-22-25-27-28-29-30-32-35-38-41-44-47-50-57(62)63-53(48-45-42-39-36-33-24-21-18-15-12-9-6-3)51-56(61)58-54(52-59)55(60)49-46-43-40-37-34-31-26-23-20-17-14-11-8-5-2/h16,19,22,25,27-30,36,39,53-55,59-60H,4-15,17-18,20-21,23-24,26,31-35,37-38,40-52H2,1-3H3,(H,58,61)/b19-16+,25-22+,28-27+,30-29+,39-36-. The van der Waals surface area contributed by atoms with E-state index in [1.54, 1.807) is 0 Å². The molecule has 3 N–H and O–H groups in total. The highest BCUT2D eigenvalue weighted by Crippen LogP contribution is 2.17. The Bertz CT molecular complexity index is 1130. The molecule has 0 saturated carbocycles. The van der Waals surface area contributed by atoms with E-state index in [2.05, 4.69) is 86.8 Å². The fourth-order valence-corrected chi connectivity index (χ4v) is 8.03. The van der Waals surface area contributed by atoms with Crippen LogP contribution in [0.5, 0.6) is 0 Å². The molecular formula is C57H103NO5. The number of ether oxygens (including phenoxy) is 1. The second kappa shape index (κ2) is 50.6. The number of amides is 1. The second-order valence-corrected chi connectivity index (χ2v) is 18.4. The summed E-state index contributed by atoms with van der Waals surface area (Å²) < 4.78 is 5.91. The third-order valence-electron chi connectivity index (χ3n) is 12.2. The Morgan fingerprint density at radius 1 is 0.460 bits per heavy atom. The summed E-state index contributed by atoms with van der Waals surface area (Å²) in [4.78, 5) is 26.2. The lowest BCUT2D eigenvalue weighted by atomic mass is 10.0. The highest BCUT2D eigenvalue weighted by Gasteiger charge is 2.24. The first-order chi connectivity index (χ1) is 31.0. The van der Waals surface area contributed by atoms with E-state index < -0.39 is 18.2 Å². The molecule has 0 aliphatic rings. The van der Waals surface area contributed by atoms with Gasteiger partial charge < -0.3 is 20.3 Å². The van der Waals surface area contributed by atoms with Crippen LogP contribution >= 0.6 is 0 Å². The Morgan fingerprint density at radius 3 is 1.33 bits per heavy atom. The number of aliphatic hydroxyl groups is 2. The van der Waals surface area contributed by atoms with E-state index in [9.17, 15) is 19.8 Å². The molecule has 3 atom stereocenters. The highest BCUT2D eigenvalue weighted by atomic mass is 16.5. The SMILES string of the molecule is CCCCC/C=C/C=C/C=C/C=C/CCCCCCCC(=O)OC(CCC/C=C\CCCCCCCCC)CC(=O)NC(CO)C(O)CCCCCCCCCCCCCCCC. The molecule has 0 radical (unpaired) electrons. The average molecular weight is 882 g/mol. The summed E-state index contributed by atoms with van der Waals surface area (Å²) in [5.41, 5.74) is 0. The maximum Gasteiger partial charge on any atom is 0.306 e. The number of esters is 1. The van der Waals surface area contributed by atoms with Gasteiger partial charge in [0, 0.05) is 6.42 Å². The molecule has 0 aliphatic heterocycles. The molecule has 3 unspecified atom stereocenters. The molecule has 0 aliphatic carbocycles. The van der Waals surface area contributed by atoms with Crippen LogP contribution in [0.1, 0.15) is 265 Å². The maximum absolute atomic E-state index is 13.2. The summed E-state index contributed by atoms with van der Waals surface area (Å²) in [6, 6.07) is -0.716. The molecule has 0 bridgehead atoms. The molecule has 63 heavy (non-hydrogen) atoms. The van der Waals surface area contributed by atoms with Gasteiger partial charge in [0.25, 0.3) is 0 Å². The van der Waals surface area contributed by atoms with Crippen molar-refractivity contribution in [2.75, 3.05) is 6.61 Å². The van der Waals surface area contributed by atoms with Gasteiger partial charge in [-0.25, -0.2) is 0 Å². The Hall–Kier alpha value is -2.44. The number of nitrogens with one attached hydrogen (secondary N) is 1. The quantitative estimate of drug-likeness (QED) is 0.0245. The number of hydrogen-bond acceptors (Lipinski definition) is 5. The number of carbonyl (C=O) groups excluding carboxylic acids is 2. The largest absolute Gasteiger partial charge is 0.462 e. The van der Waals surface area contributed by atoms with Crippen molar-refractivity contribution >= 4 is 11.9 Å². The molecule has 0 heterocycles. The first-order valence-corrected chi connectivity index (χ1v) is 27.1. The van der Waals surface area contributed by atoms with Crippen LogP contribution in [0.2, 0.25) is 0 Å². The zero-order valence-electron chi connectivity index (χ0n) is 41.7. The minimum Gasteiger partial charge on any atom is -0.462 e. The van der Waals surface area contributed by atoms with E-state index in [4.69, 9.17) is 4.74 Å². The third kappa shape index (κ3) is 45.9. The zero-order chi connectivity index (χ0) is 45.9. The van der Waals surface area contributed by atoms with E-state index in [-0.39, 0.29) is 24.9 Å². The summed E-state index contributed by atoms with van der Waals surface area (Å²) in [6.07, 6.45) is 62.8. The van der Waals surface area contributed by atoms with Gasteiger partial charge in [-0.05, 0) is 70.6 Å². The van der Waals surface area contributed by atoms with E-state index in [0.29, 0.717) is 19.3 Å². The van der Waals surface area contributed by atoms with Gasteiger partial charge in [0.15, 0.2) is 0 Å². The Labute approximate surface area is 390 Å². The number of unbranched alkanes of at least 4 members (excludes halogenated alkanes) is 29. The Kier molecular flexibility index (Phi) is 48.6. The first kappa shape index (κ1) is 60.6. The lowest BCUT2D eigenvalue weighted by Gasteiger charge is -2.24. The number of hydrogen-bond donors (Lipinski definition) is 3. The highest BCUT2D eigenvalue weighted by molar-refractivity contribution is 5.77. The van der Waals surface area contributed by atoms with Crippen molar-refractivity contribution in [1.82, 2.24) is 5.32 Å². The van der Waals surface area contributed by atoms with Crippen molar-refractivity contribution in [3.63, 3.8) is 0 Å². The van der Waals surface area contributed by atoms with Crippen LogP contribution in [-0.2, 0) is 14.3 Å². The van der Waals surface area contributed by atoms with Gasteiger partial charge in [-0.15, -0.1) is 0 Å². The van der Waals surface area contributed by atoms with E-state index in [1.165, 1.54) is 135 Å². The summed E-state index contributed by atoms with van der Waals surface area (Å²) in [7, 11) is 0. The molecule has 0 aromatic heterocycles. The predicted octanol–water partition coefficient (Wildman–Crippen LogP) is 16.4. The minimum atomic E-state index is -0.800. The van der Waals surface area contributed by atoms with Crippen molar-refractivity contribution < 1.29 is 24.5 Å². The molecule has 0 rings (SSSR count). The van der Waals surface area contributed by atoms with Gasteiger partial charge in [-0.1, -0.05) is 242 Å². The predicted molar refractivity (Wildman–Crippen MR) is 273 cm³/mol. The summed E-state index contributed by atoms with van der Waals surface area (Å²) >= 11 is 0. The summed E-state index contributed by atoms with van der Waals surface area (Å²) in [5, 5.41) is 23.8. The lowest BCUT2D eigenvalue weighted by molar-refractivity contribution is -0.151. The topological polar surface area (TPSA) is 95.9 Å². The number of rotatable bonds is 48. The molecule has 0 aromatic carbocycles. The van der Waals surface area contributed by atoms with Crippen molar-refractivity contribution in [2.24, 2.45) is 0 Å². The third-order valence-corrected chi connectivity index (χ3v) is 12.2. The van der Waals surface area contributed by atoms with Crippen LogP contribution in [-0.4, -0.2) is 46.9 Å². The van der Waals surface area contributed by atoms with Crippen molar-refractivity contribution in [3.8, 4) is 0 Å². The van der Waals surface area contributed by atoms with Gasteiger partial charge >= 0.3 is 5.97 Å². The van der Waals surface area contributed by atoms with Crippen LogP contribution in [0.25, 0.3) is 0 Å². The lowest BCUT2D eigenvalue weighted by Crippen LogP contribution is -2.46. The number of carbonyl (C=O) groups is 2. The minimum absolute atomic E-state index is 0.0464. The molecule has 0 spiro atoms. The van der Waals surface area contributed by atoms with E-state index in [1.807, 2.05) is 0 Å². The van der Waals surface area contributed by atoms with Crippen LogP contribution < -0.4 is 5.32 Å². The van der Waals surface area contributed by atoms with E-state index >= 15 is 0 Å². The molecular weight excluding hydrogens is 779 g/mol. The van der Waals surface area contributed by atoms with Crippen LogP contribution in [0, 0.1) is 0 Å². The fraction of sp³-hybridized carbons (Fsp3) is 0.789. The van der Waals surface area contributed by atoms with Crippen LogP contribution in [0.15, 0.2) is 60.8 Å². The smallest absolute Gasteiger partial charge is 0.306 e. The van der Waals surface area contributed by atoms with E-state index in [0.717, 1.165) is 83.5 Å². The van der Waals surface area contributed by atoms with Crippen molar-refractivity contribution in [1.29, 1.82) is 0 Å². The molecule has 366 valence electrons. The Balaban J connectivity index is 4.61. The van der Waals surface area contributed by atoms with Gasteiger partial charge in [0.1, 0.15) is 6.10 Å². The van der Waals surface area contributed by atoms with Crippen LogP contribution in [0.3, 0.4) is 0 Å². The monoisotopic (exact) mass is 882 g/mol. The van der Waals surface area contributed by atoms with Crippen molar-refractivity contribution in [2.45, 2.75) is 283 Å². The normalized spacial score (nSPS) is 13.7. The van der Waals surface area contributed by atoms with Crippen molar-refractivity contribution in [3.05, 3.63) is 60.8 Å². The summed E-state index contributed by atoms with van der Waals surface area (Å²) in [6.45, 7) is 6.44. The molecule has 0 saturated heterocycles.